The van der Waals surface area contributed by atoms with Crippen LogP contribution in [0.1, 0.15) is 57.1 Å². The lowest BCUT2D eigenvalue weighted by Crippen LogP contribution is -2.03. The van der Waals surface area contributed by atoms with Crippen LogP contribution in [0.25, 0.3) is 0 Å². The SMILES string of the molecule is CCCc1ccc(CCCCCC(=O)OCC)cc1. The van der Waals surface area contributed by atoms with Crippen molar-refractivity contribution in [1.29, 1.82) is 0 Å². The topological polar surface area (TPSA) is 26.3 Å². The summed E-state index contributed by atoms with van der Waals surface area (Å²) < 4.78 is 4.90. The molecule has 1 rings (SSSR count). The number of ether oxygens (including phenoxy) is 1. The molecule has 0 aliphatic rings. The highest BCUT2D eigenvalue weighted by Crippen LogP contribution is 2.11. The minimum Gasteiger partial charge on any atom is -0.466 e. The molecular weight excluding hydrogens is 236 g/mol. The maximum atomic E-state index is 11.2. The third kappa shape index (κ3) is 7.00. The zero-order valence-corrected chi connectivity index (χ0v) is 12.3. The number of unbranched alkanes of at least 4 members (excludes halogenated alkanes) is 2. The van der Waals surface area contributed by atoms with Crippen LogP contribution in [0, 0.1) is 0 Å². The van der Waals surface area contributed by atoms with Crippen LogP contribution in [0.15, 0.2) is 24.3 Å². The van der Waals surface area contributed by atoms with E-state index in [-0.39, 0.29) is 5.97 Å². The molecule has 0 aromatic heterocycles. The molecule has 0 saturated heterocycles. The minimum absolute atomic E-state index is 0.0635. The first-order valence-electron chi connectivity index (χ1n) is 7.49. The Kier molecular flexibility index (Phi) is 7.95. The molecule has 106 valence electrons. The van der Waals surface area contributed by atoms with Crippen LogP contribution in [-0.4, -0.2) is 12.6 Å². The van der Waals surface area contributed by atoms with Gasteiger partial charge in [-0.05, 0) is 43.7 Å². The first-order chi connectivity index (χ1) is 9.26. The molecule has 0 heterocycles. The van der Waals surface area contributed by atoms with Gasteiger partial charge in [0, 0.05) is 6.42 Å². The van der Waals surface area contributed by atoms with Crippen molar-refractivity contribution in [2.24, 2.45) is 0 Å². The van der Waals surface area contributed by atoms with Crippen molar-refractivity contribution in [3.63, 3.8) is 0 Å². The summed E-state index contributed by atoms with van der Waals surface area (Å²) >= 11 is 0. The van der Waals surface area contributed by atoms with Crippen LogP contribution < -0.4 is 0 Å². The average molecular weight is 262 g/mol. The Bertz CT molecular complexity index is 354. The molecule has 0 fully saturated rings. The number of carbonyl (C=O) groups is 1. The van der Waals surface area contributed by atoms with E-state index in [9.17, 15) is 4.79 Å². The van der Waals surface area contributed by atoms with Gasteiger partial charge in [-0.2, -0.15) is 0 Å². The lowest BCUT2D eigenvalue weighted by Gasteiger charge is -2.04. The molecule has 0 amide bonds. The van der Waals surface area contributed by atoms with Crippen molar-refractivity contribution >= 4 is 5.97 Å². The summed E-state index contributed by atoms with van der Waals surface area (Å²) in [6.07, 6.45) is 7.21. The number of benzene rings is 1. The zero-order chi connectivity index (χ0) is 13.9. The second-order valence-corrected chi connectivity index (χ2v) is 4.93. The lowest BCUT2D eigenvalue weighted by atomic mass is 10.0. The Morgan fingerprint density at radius 3 is 2.16 bits per heavy atom. The van der Waals surface area contributed by atoms with Gasteiger partial charge >= 0.3 is 5.97 Å². The first kappa shape index (κ1) is 15.7. The van der Waals surface area contributed by atoms with Gasteiger partial charge in [-0.15, -0.1) is 0 Å². The Morgan fingerprint density at radius 2 is 1.58 bits per heavy atom. The summed E-state index contributed by atoms with van der Waals surface area (Å²) in [5.74, 6) is -0.0635. The minimum atomic E-state index is -0.0635. The fourth-order valence-electron chi connectivity index (χ4n) is 2.17. The van der Waals surface area contributed by atoms with E-state index < -0.39 is 0 Å². The summed E-state index contributed by atoms with van der Waals surface area (Å²) in [6.45, 7) is 4.54. The number of aryl methyl sites for hydroxylation is 2. The molecule has 2 heteroatoms. The summed E-state index contributed by atoms with van der Waals surface area (Å²) in [4.78, 5) is 11.2. The second-order valence-electron chi connectivity index (χ2n) is 4.93. The Balaban J connectivity index is 2.13. The van der Waals surface area contributed by atoms with Crippen LogP contribution in [0.4, 0.5) is 0 Å². The number of rotatable bonds is 9. The molecule has 0 spiro atoms. The van der Waals surface area contributed by atoms with Gasteiger partial charge in [0.2, 0.25) is 0 Å². The molecule has 2 nitrogen and oxygen atoms in total. The van der Waals surface area contributed by atoms with Crippen LogP contribution >= 0.6 is 0 Å². The largest absolute Gasteiger partial charge is 0.466 e. The van der Waals surface area contributed by atoms with E-state index in [1.807, 2.05) is 6.92 Å². The van der Waals surface area contributed by atoms with Gasteiger partial charge < -0.3 is 4.74 Å². The van der Waals surface area contributed by atoms with E-state index in [0.717, 1.165) is 25.7 Å². The zero-order valence-electron chi connectivity index (χ0n) is 12.3. The van der Waals surface area contributed by atoms with Gasteiger partial charge in [0.15, 0.2) is 0 Å². The Labute approximate surface area is 117 Å². The number of carbonyl (C=O) groups excluding carboxylic acids is 1. The molecule has 0 aliphatic carbocycles. The van der Waals surface area contributed by atoms with E-state index in [1.165, 1.54) is 24.0 Å². The van der Waals surface area contributed by atoms with Crippen LogP contribution in [0.2, 0.25) is 0 Å². The molecule has 0 bridgehead atoms. The van der Waals surface area contributed by atoms with Crippen molar-refractivity contribution in [3.05, 3.63) is 35.4 Å². The van der Waals surface area contributed by atoms with E-state index in [0.29, 0.717) is 13.0 Å². The van der Waals surface area contributed by atoms with E-state index in [1.54, 1.807) is 0 Å². The van der Waals surface area contributed by atoms with Crippen molar-refractivity contribution < 1.29 is 9.53 Å². The highest BCUT2D eigenvalue weighted by Gasteiger charge is 2.01. The molecular formula is C17H26O2. The van der Waals surface area contributed by atoms with Gasteiger partial charge in [-0.1, -0.05) is 44.0 Å². The molecule has 0 saturated carbocycles. The Hall–Kier alpha value is -1.31. The van der Waals surface area contributed by atoms with Crippen molar-refractivity contribution in [3.8, 4) is 0 Å². The first-order valence-corrected chi connectivity index (χ1v) is 7.49. The predicted octanol–water partition coefficient (Wildman–Crippen LogP) is 4.31. The van der Waals surface area contributed by atoms with E-state index in [4.69, 9.17) is 4.74 Å². The normalized spacial score (nSPS) is 10.4. The maximum Gasteiger partial charge on any atom is 0.305 e. The van der Waals surface area contributed by atoms with Gasteiger partial charge in [-0.3, -0.25) is 4.79 Å². The van der Waals surface area contributed by atoms with Crippen LogP contribution in [-0.2, 0) is 22.4 Å². The molecule has 1 aromatic rings. The molecule has 19 heavy (non-hydrogen) atoms. The standard InChI is InChI=1S/C17H26O2/c1-3-8-15-11-13-16(14-12-15)9-6-5-7-10-17(18)19-4-2/h11-14H,3-10H2,1-2H3. The summed E-state index contributed by atoms with van der Waals surface area (Å²) in [7, 11) is 0. The lowest BCUT2D eigenvalue weighted by molar-refractivity contribution is -0.143. The highest BCUT2D eigenvalue weighted by atomic mass is 16.5. The molecule has 0 aliphatic heterocycles. The fraction of sp³-hybridized carbons (Fsp3) is 0.588. The summed E-state index contributed by atoms with van der Waals surface area (Å²) in [5, 5.41) is 0. The molecule has 0 N–H and O–H groups in total. The third-order valence-electron chi connectivity index (χ3n) is 3.21. The third-order valence-corrected chi connectivity index (χ3v) is 3.21. The van der Waals surface area contributed by atoms with Crippen LogP contribution in [0.3, 0.4) is 0 Å². The van der Waals surface area contributed by atoms with Gasteiger partial charge in [-0.25, -0.2) is 0 Å². The van der Waals surface area contributed by atoms with Gasteiger partial charge in [0.25, 0.3) is 0 Å². The molecule has 0 unspecified atom stereocenters. The van der Waals surface area contributed by atoms with E-state index >= 15 is 0 Å². The summed E-state index contributed by atoms with van der Waals surface area (Å²) in [6, 6.07) is 8.93. The highest BCUT2D eigenvalue weighted by molar-refractivity contribution is 5.69. The van der Waals surface area contributed by atoms with Crippen molar-refractivity contribution in [2.45, 2.75) is 58.8 Å². The van der Waals surface area contributed by atoms with Crippen molar-refractivity contribution in [1.82, 2.24) is 0 Å². The molecule has 1 aromatic carbocycles. The van der Waals surface area contributed by atoms with Gasteiger partial charge in [0.1, 0.15) is 0 Å². The second kappa shape index (κ2) is 9.60. The number of hydrogen-bond acceptors (Lipinski definition) is 2. The number of esters is 1. The molecule has 0 radical (unpaired) electrons. The summed E-state index contributed by atoms with van der Waals surface area (Å²) in [5.41, 5.74) is 2.82. The Morgan fingerprint density at radius 1 is 0.947 bits per heavy atom. The molecule has 0 atom stereocenters. The van der Waals surface area contributed by atoms with E-state index in [2.05, 4.69) is 31.2 Å². The monoisotopic (exact) mass is 262 g/mol. The van der Waals surface area contributed by atoms with Crippen molar-refractivity contribution in [2.75, 3.05) is 6.61 Å². The van der Waals surface area contributed by atoms with Crippen LogP contribution in [0.5, 0.6) is 0 Å². The smallest absolute Gasteiger partial charge is 0.305 e. The predicted molar refractivity (Wildman–Crippen MR) is 79.2 cm³/mol. The quantitative estimate of drug-likeness (QED) is 0.490. The van der Waals surface area contributed by atoms with Gasteiger partial charge in [0.05, 0.1) is 6.61 Å². The fourth-order valence-corrected chi connectivity index (χ4v) is 2.17. The maximum absolute atomic E-state index is 11.2. The average Bonchev–Trinajstić information content (AvgIpc) is 2.41. The number of hydrogen-bond donors (Lipinski definition) is 0.